The van der Waals surface area contributed by atoms with Crippen molar-refractivity contribution in [3.05, 3.63) is 24.0 Å². The first kappa shape index (κ1) is 13.3. The number of nitrogens with zero attached hydrogens (tertiary/aromatic N) is 3. The number of hydrogen-bond donors (Lipinski definition) is 2. The maximum absolute atomic E-state index is 8.77. The van der Waals surface area contributed by atoms with E-state index in [1.807, 2.05) is 0 Å². The Morgan fingerprint density at radius 3 is 2.82 bits per heavy atom. The molecule has 5 heteroatoms. The average molecular weight is 236 g/mol. The van der Waals surface area contributed by atoms with E-state index in [2.05, 4.69) is 35.8 Å². The monoisotopic (exact) mass is 236 g/mol. The molecule has 0 aliphatic rings. The fraction of sp³-hybridized carbons (Fsp3) is 0.500. The van der Waals surface area contributed by atoms with Gasteiger partial charge in [0.05, 0.1) is 11.9 Å². The van der Waals surface area contributed by atoms with Gasteiger partial charge >= 0.3 is 0 Å². The van der Waals surface area contributed by atoms with Gasteiger partial charge in [-0.1, -0.05) is 19.0 Å². The fourth-order valence-corrected chi connectivity index (χ4v) is 1.75. The molecule has 94 valence electrons. The third kappa shape index (κ3) is 3.34. The number of rotatable bonds is 5. The highest BCUT2D eigenvalue weighted by Gasteiger charge is 2.13. The molecular formula is C12H20N4O. The van der Waals surface area contributed by atoms with Gasteiger partial charge in [-0.15, -0.1) is 0 Å². The van der Waals surface area contributed by atoms with Crippen LogP contribution < -0.4 is 10.6 Å². The van der Waals surface area contributed by atoms with Gasteiger partial charge in [0, 0.05) is 24.8 Å². The van der Waals surface area contributed by atoms with E-state index in [0.717, 1.165) is 18.8 Å². The average Bonchev–Trinajstić information content (AvgIpc) is 2.34. The second-order valence-corrected chi connectivity index (χ2v) is 4.31. The maximum Gasteiger partial charge on any atom is 0.172 e. The molecule has 0 aliphatic heterocycles. The summed E-state index contributed by atoms with van der Waals surface area (Å²) in [5.41, 5.74) is 7.28. The molecule has 1 aromatic heterocycles. The van der Waals surface area contributed by atoms with Crippen molar-refractivity contribution in [2.24, 2.45) is 16.8 Å². The topological polar surface area (TPSA) is 74.7 Å². The maximum atomic E-state index is 8.77. The molecule has 0 saturated heterocycles. The van der Waals surface area contributed by atoms with E-state index in [-0.39, 0.29) is 5.84 Å². The molecular weight excluding hydrogens is 216 g/mol. The number of amidine groups is 1. The fourth-order valence-electron chi connectivity index (χ4n) is 1.75. The molecule has 1 aromatic rings. The van der Waals surface area contributed by atoms with E-state index in [0.29, 0.717) is 11.5 Å². The molecule has 0 aliphatic carbocycles. The van der Waals surface area contributed by atoms with Crippen LogP contribution in [-0.4, -0.2) is 29.1 Å². The largest absolute Gasteiger partial charge is 0.409 e. The van der Waals surface area contributed by atoms with E-state index >= 15 is 0 Å². The molecule has 0 amide bonds. The van der Waals surface area contributed by atoms with Crippen LogP contribution in [0.25, 0.3) is 0 Å². The van der Waals surface area contributed by atoms with Crippen LogP contribution in [0.2, 0.25) is 0 Å². The number of pyridine rings is 1. The van der Waals surface area contributed by atoms with Crippen molar-refractivity contribution < 1.29 is 5.21 Å². The number of oxime groups is 1. The Kier molecular flexibility index (Phi) is 4.75. The van der Waals surface area contributed by atoms with Crippen LogP contribution >= 0.6 is 0 Å². The van der Waals surface area contributed by atoms with Gasteiger partial charge in [-0.25, -0.2) is 0 Å². The van der Waals surface area contributed by atoms with E-state index in [4.69, 9.17) is 10.9 Å². The van der Waals surface area contributed by atoms with Crippen LogP contribution in [0.3, 0.4) is 0 Å². The minimum absolute atomic E-state index is 0.115. The van der Waals surface area contributed by atoms with Gasteiger partial charge < -0.3 is 15.8 Å². The molecule has 5 nitrogen and oxygen atoms in total. The lowest BCUT2D eigenvalue weighted by molar-refractivity contribution is 0.318. The molecule has 0 bridgehead atoms. The lowest BCUT2D eigenvalue weighted by Crippen LogP contribution is -2.30. The summed E-state index contributed by atoms with van der Waals surface area (Å²) < 4.78 is 0. The van der Waals surface area contributed by atoms with Crippen molar-refractivity contribution >= 4 is 11.5 Å². The highest BCUT2D eigenvalue weighted by atomic mass is 16.4. The number of anilines is 1. The molecule has 0 radical (unpaired) electrons. The molecule has 1 heterocycles. The minimum Gasteiger partial charge on any atom is -0.409 e. The Labute approximate surface area is 102 Å². The third-order valence-corrected chi connectivity index (χ3v) is 2.49. The van der Waals surface area contributed by atoms with Crippen molar-refractivity contribution in [2.75, 3.05) is 18.0 Å². The molecule has 0 fully saturated rings. The Bertz CT molecular complexity index is 390. The smallest absolute Gasteiger partial charge is 0.172 e. The molecule has 3 N–H and O–H groups in total. The Hall–Kier alpha value is -1.78. The first-order chi connectivity index (χ1) is 8.10. The summed E-state index contributed by atoms with van der Waals surface area (Å²) in [6.07, 6.45) is 3.39. The lowest BCUT2D eigenvalue weighted by atomic mass is 10.1. The quantitative estimate of drug-likeness (QED) is 0.353. The standard InChI is InChI=1S/C12H20N4O/c1-4-16(8-9(2)3)11-7-14-6-5-10(11)12(13)15-17/h5-7,9,17H,4,8H2,1-3H3,(H2,13,15). The second kappa shape index (κ2) is 6.08. The summed E-state index contributed by atoms with van der Waals surface area (Å²) in [7, 11) is 0. The van der Waals surface area contributed by atoms with E-state index in [1.165, 1.54) is 0 Å². The first-order valence-electron chi connectivity index (χ1n) is 5.77. The predicted octanol–water partition coefficient (Wildman–Crippen LogP) is 1.66. The summed E-state index contributed by atoms with van der Waals surface area (Å²) >= 11 is 0. The number of aromatic nitrogens is 1. The van der Waals surface area contributed by atoms with Gasteiger partial charge in [0.1, 0.15) is 0 Å². The molecule has 17 heavy (non-hydrogen) atoms. The summed E-state index contributed by atoms with van der Waals surface area (Å²) in [4.78, 5) is 6.28. The summed E-state index contributed by atoms with van der Waals surface area (Å²) in [5.74, 6) is 0.653. The highest BCUT2D eigenvalue weighted by Crippen LogP contribution is 2.19. The van der Waals surface area contributed by atoms with Gasteiger partial charge in [0.2, 0.25) is 0 Å². The van der Waals surface area contributed by atoms with Gasteiger partial charge in [-0.2, -0.15) is 0 Å². The van der Waals surface area contributed by atoms with Gasteiger partial charge in [0.15, 0.2) is 5.84 Å². The molecule has 0 spiro atoms. The highest BCUT2D eigenvalue weighted by molar-refractivity contribution is 6.01. The van der Waals surface area contributed by atoms with Crippen molar-refractivity contribution in [1.82, 2.24) is 4.98 Å². The number of hydrogen-bond acceptors (Lipinski definition) is 4. The lowest BCUT2D eigenvalue weighted by Gasteiger charge is -2.26. The summed E-state index contributed by atoms with van der Waals surface area (Å²) in [6, 6.07) is 1.76. The Balaban J connectivity index is 3.10. The van der Waals surface area contributed by atoms with Crippen molar-refractivity contribution in [3.63, 3.8) is 0 Å². The second-order valence-electron chi connectivity index (χ2n) is 4.31. The Morgan fingerprint density at radius 1 is 1.59 bits per heavy atom. The number of nitrogens with two attached hydrogens (primary N) is 1. The molecule has 0 atom stereocenters. The van der Waals surface area contributed by atoms with Crippen LogP contribution in [0.4, 0.5) is 5.69 Å². The SMILES string of the molecule is CCN(CC(C)C)c1cnccc1/C(N)=N/O. The predicted molar refractivity (Wildman–Crippen MR) is 69.5 cm³/mol. The molecule has 0 aromatic carbocycles. The summed E-state index contributed by atoms with van der Waals surface area (Å²) in [5, 5.41) is 11.8. The zero-order valence-electron chi connectivity index (χ0n) is 10.6. The molecule has 0 unspecified atom stereocenters. The van der Waals surface area contributed by atoms with Crippen LogP contribution in [0.1, 0.15) is 26.3 Å². The summed E-state index contributed by atoms with van der Waals surface area (Å²) in [6.45, 7) is 8.15. The van der Waals surface area contributed by atoms with Crippen LogP contribution in [0, 0.1) is 5.92 Å². The van der Waals surface area contributed by atoms with Gasteiger partial charge in [-0.05, 0) is 18.9 Å². The van der Waals surface area contributed by atoms with Gasteiger partial charge in [-0.3, -0.25) is 4.98 Å². The zero-order chi connectivity index (χ0) is 12.8. The van der Waals surface area contributed by atoms with Crippen molar-refractivity contribution in [2.45, 2.75) is 20.8 Å². The van der Waals surface area contributed by atoms with E-state index < -0.39 is 0 Å². The van der Waals surface area contributed by atoms with Crippen LogP contribution in [-0.2, 0) is 0 Å². The van der Waals surface area contributed by atoms with E-state index in [9.17, 15) is 0 Å². The molecule has 0 saturated carbocycles. The first-order valence-corrected chi connectivity index (χ1v) is 5.77. The Morgan fingerprint density at radius 2 is 2.29 bits per heavy atom. The van der Waals surface area contributed by atoms with Crippen molar-refractivity contribution in [3.8, 4) is 0 Å². The third-order valence-electron chi connectivity index (χ3n) is 2.49. The van der Waals surface area contributed by atoms with Gasteiger partial charge in [0.25, 0.3) is 0 Å². The zero-order valence-corrected chi connectivity index (χ0v) is 10.6. The van der Waals surface area contributed by atoms with Crippen LogP contribution in [0.5, 0.6) is 0 Å². The van der Waals surface area contributed by atoms with Crippen molar-refractivity contribution in [1.29, 1.82) is 0 Å². The normalized spacial score (nSPS) is 11.9. The minimum atomic E-state index is 0.115. The molecule has 1 rings (SSSR count). The van der Waals surface area contributed by atoms with Crippen LogP contribution in [0.15, 0.2) is 23.6 Å². The van der Waals surface area contributed by atoms with E-state index in [1.54, 1.807) is 18.5 Å².